The molecule has 0 radical (unpaired) electrons. The number of amides is 1. The summed E-state index contributed by atoms with van der Waals surface area (Å²) in [6.45, 7) is 3.66. The third-order valence-corrected chi connectivity index (χ3v) is 4.53. The normalized spacial score (nSPS) is 11.4. The molecule has 1 heterocycles. The predicted molar refractivity (Wildman–Crippen MR) is 99.5 cm³/mol. The molecular weight excluding hydrogens is 335 g/mol. The number of aromatic amines is 1. The van der Waals surface area contributed by atoms with Crippen LogP contribution in [0.1, 0.15) is 19.4 Å². The van der Waals surface area contributed by atoms with Crippen molar-refractivity contribution in [3.05, 3.63) is 54.0 Å². The molecule has 6 heteroatoms. The molecule has 2 aromatic carbocycles. The van der Waals surface area contributed by atoms with E-state index in [1.54, 1.807) is 44.7 Å². The van der Waals surface area contributed by atoms with Crippen LogP contribution in [-0.4, -0.2) is 25.1 Å². The zero-order valence-corrected chi connectivity index (χ0v) is 15.1. The number of hydrogen-bond acceptors (Lipinski definition) is 3. The first-order valence-corrected chi connectivity index (χ1v) is 8.17. The number of nitrogens with one attached hydrogen (secondary N) is 2. The smallest absolute Gasteiger partial charge is 0.234 e. The molecule has 0 bridgehead atoms. The topological polar surface area (TPSA) is 63.3 Å². The number of hydrogen-bond donors (Lipinski definition) is 2. The minimum absolute atomic E-state index is 0.185. The number of ether oxygens (including phenoxy) is 2. The van der Waals surface area contributed by atoms with Crippen LogP contribution in [0, 0.1) is 5.82 Å². The summed E-state index contributed by atoms with van der Waals surface area (Å²) >= 11 is 0. The van der Waals surface area contributed by atoms with Gasteiger partial charge in [-0.25, -0.2) is 4.39 Å². The van der Waals surface area contributed by atoms with Gasteiger partial charge in [0.15, 0.2) is 11.5 Å². The van der Waals surface area contributed by atoms with Gasteiger partial charge in [-0.05, 0) is 49.7 Å². The van der Waals surface area contributed by atoms with Crippen molar-refractivity contribution in [2.75, 3.05) is 19.5 Å². The summed E-state index contributed by atoms with van der Waals surface area (Å²) in [6, 6.07) is 9.68. The Labute approximate surface area is 151 Å². The standard InChI is InChI=1S/C20H21FN2O3/c1-20(2,15-11-22-16-9-12(21)5-7-14(15)16)19(24)23-13-6-8-17(25-3)18(10-13)26-4/h5-11,22H,1-4H3,(H,23,24). The van der Waals surface area contributed by atoms with Crippen molar-refractivity contribution in [3.63, 3.8) is 0 Å². The summed E-state index contributed by atoms with van der Waals surface area (Å²) in [6.07, 6.45) is 1.75. The van der Waals surface area contributed by atoms with E-state index in [-0.39, 0.29) is 11.7 Å². The third-order valence-electron chi connectivity index (χ3n) is 4.53. The van der Waals surface area contributed by atoms with E-state index in [9.17, 15) is 9.18 Å². The van der Waals surface area contributed by atoms with Gasteiger partial charge in [-0.2, -0.15) is 0 Å². The van der Waals surface area contributed by atoms with Gasteiger partial charge in [-0.15, -0.1) is 0 Å². The molecule has 1 aromatic heterocycles. The number of halogens is 1. The van der Waals surface area contributed by atoms with Gasteiger partial charge in [-0.3, -0.25) is 4.79 Å². The van der Waals surface area contributed by atoms with E-state index in [0.29, 0.717) is 22.7 Å². The Morgan fingerprint density at radius 1 is 1.08 bits per heavy atom. The highest BCUT2D eigenvalue weighted by molar-refractivity contribution is 6.02. The van der Waals surface area contributed by atoms with E-state index < -0.39 is 5.41 Å². The predicted octanol–water partition coefficient (Wildman–Crippen LogP) is 4.24. The second kappa shape index (κ2) is 6.71. The fourth-order valence-electron chi connectivity index (χ4n) is 2.94. The molecule has 3 aromatic rings. The number of fused-ring (bicyclic) bond motifs is 1. The summed E-state index contributed by atoms with van der Waals surface area (Å²) in [7, 11) is 3.09. The van der Waals surface area contributed by atoms with Crippen LogP contribution in [-0.2, 0) is 10.2 Å². The van der Waals surface area contributed by atoms with Gasteiger partial charge < -0.3 is 19.8 Å². The lowest BCUT2D eigenvalue weighted by Gasteiger charge is -2.23. The molecule has 136 valence electrons. The summed E-state index contributed by atoms with van der Waals surface area (Å²) in [4.78, 5) is 16.0. The van der Waals surface area contributed by atoms with E-state index in [0.717, 1.165) is 10.9 Å². The Kier molecular flexibility index (Phi) is 4.59. The highest BCUT2D eigenvalue weighted by atomic mass is 19.1. The lowest BCUT2D eigenvalue weighted by Crippen LogP contribution is -2.34. The number of rotatable bonds is 5. The molecule has 26 heavy (non-hydrogen) atoms. The minimum Gasteiger partial charge on any atom is -0.493 e. The highest BCUT2D eigenvalue weighted by Crippen LogP contribution is 2.34. The molecule has 2 N–H and O–H groups in total. The Morgan fingerprint density at radius 2 is 1.81 bits per heavy atom. The van der Waals surface area contributed by atoms with Crippen LogP contribution in [0.25, 0.3) is 10.9 Å². The quantitative estimate of drug-likeness (QED) is 0.719. The number of anilines is 1. The lowest BCUT2D eigenvalue weighted by atomic mass is 9.83. The average Bonchev–Trinajstić information content (AvgIpc) is 3.05. The van der Waals surface area contributed by atoms with Crippen molar-refractivity contribution >= 4 is 22.5 Å². The summed E-state index contributed by atoms with van der Waals surface area (Å²) in [5.74, 6) is 0.613. The number of carbonyl (C=O) groups excluding carboxylic acids is 1. The van der Waals surface area contributed by atoms with Crippen molar-refractivity contribution < 1.29 is 18.7 Å². The first-order chi connectivity index (χ1) is 12.4. The Hall–Kier alpha value is -3.02. The molecule has 0 saturated heterocycles. The van der Waals surface area contributed by atoms with Crippen LogP contribution in [0.2, 0.25) is 0 Å². The molecule has 0 saturated carbocycles. The Balaban J connectivity index is 1.90. The largest absolute Gasteiger partial charge is 0.493 e. The maximum atomic E-state index is 13.4. The number of methoxy groups -OCH3 is 2. The lowest BCUT2D eigenvalue weighted by molar-refractivity contribution is -0.120. The van der Waals surface area contributed by atoms with Gasteiger partial charge in [0.2, 0.25) is 5.91 Å². The van der Waals surface area contributed by atoms with Crippen LogP contribution in [0.3, 0.4) is 0 Å². The maximum Gasteiger partial charge on any atom is 0.234 e. The Morgan fingerprint density at radius 3 is 2.50 bits per heavy atom. The van der Waals surface area contributed by atoms with E-state index in [1.165, 1.54) is 12.1 Å². The van der Waals surface area contributed by atoms with Gasteiger partial charge in [0, 0.05) is 28.9 Å². The third kappa shape index (κ3) is 3.10. The van der Waals surface area contributed by atoms with Crippen LogP contribution in [0.5, 0.6) is 11.5 Å². The van der Waals surface area contributed by atoms with Crippen LogP contribution < -0.4 is 14.8 Å². The number of H-pyrrole nitrogens is 1. The zero-order chi connectivity index (χ0) is 18.9. The second-order valence-corrected chi connectivity index (χ2v) is 6.54. The van der Waals surface area contributed by atoms with Crippen molar-refractivity contribution in [2.45, 2.75) is 19.3 Å². The summed E-state index contributed by atoms with van der Waals surface area (Å²) in [5.41, 5.74) is 1.23. The van der Waals surface area contributed by atoms with Gasteiger partial charge in [0.25, 0.3) is 0 Å². The summed E-state index contributed by atoms with van der Waals surface area (Å²) < 4.78 is 23.9. The molecule has 0 aliphatic carbocycles. The number of benzene rings is 2. The van der Waals surface area contributed by atoms with Crippen molar-refractivity contribution in [1.29, 1.82) is 0 Å². The van der Waals surface area contributed by atoms with E-state index in [1.807, 2.05) is 13.8 Å². The van der Waals surface area contributed by atoms with Gasteiger partial charge in [0.05, 0.1) is 19.6 Å². The molecule has 0 unspecified atom stereocenters. The zero-order valence-electron chi connectivity index (χ0n) is 15.1. The van der Waals surface area contributed by atoms with Gasteiger partial charge in [-0.1, -0.05) is 0 Å². The van der Waals surface area contributed by atoms with E-state index in [4.69, 9.17) is 9.47 Å². The Bertz CT molecular complexity index is 963. The number of aromatic nitrogens is 1. The first kappa shape index (κ1) is 17.8. The average molecular weight is 356 g/mol. The monoisotopic (exact) mass is 356 g/mol. The molecule has 0 atom stereocenters. The van der Waals surface area contributed by atoms with Crippen LogP contribution in [0.15, 0.2) is 42.6 Å². The van der Waals surface area contributed by atoms with Crippen molar-refractivity contribution in [1.82, 2.24) is 4.98 Å². The second-order valence-electron chi connectivity index (χ2n) is 6.54. The first-order valence-electron chi connectivity index (χ1n) is 8.17. The number of carbonyl (C=O) groups is 1. The van der Waals surface area contributed by atoms with Crippen LogP contribution >= 0.6 is 0 Å². The summed E-state index contributed by atoms with van der Waals surface area (Å²) in [5, 5.41) is 3.73. The highest BCUT2D eigenvalue weighted by Gasteiger charge is 2.32. The van der Waals surface area contributed by atoms with E-state index >= 15 is 0 Å². The van der Waals surface area contributed by atoms with Gasteiger partial charge >= 0.3 is 0 Å². The molecule has 0 fully saturated rings. The van der Waals surface area contributed by atoms with Crippen molar-refractivity contribution in [3.8, 4) is 11.5 Å². The van der Waals surface area contributed by atoms with E-state index in [2.05, 4.69) is 10.3 Å². The SMILES string of the molecule is COc1ccc(NC(=O)C(C)(C)c2c[nH]c3cc(F)ccc23)cc1OC. The molecule has 3 rings (SSSR count). The molecule has 1 amide bonds. The molecule has 0 spiro atoms. The molecular formula is C20H21FN2O3. The fraction of sp³-hybridized carbons (Fsp3) is 0.250. The minimum atomic E-state index is -0.830. The van der Waals surface area contributed by atoms with Gasteiger partial charge in [0.1, 0.15) is 5.82 Å². The maximum absolute atomic E-state index is 13.4. The molecule has 5 nitrogen and oxygen atoms in total. The van der Waals surface area contributed by atoms with Crippen LogP contribution in [0.4, 0.5) is 10.1 Å². The molecule has 0 aliphatic rings. The fourth-order valence-corrected chi connectivity index (χ4v) is 2.94. The molecule has 0 aliphatic heterocycles. The van der Waals surface area contributed by atoms with Crippen molar-refractivity contribution in [2.24, 2.45) is 0 Å².